The van der Waals surface area contributed by atoms with Gasteiger partial charge in [-0.1, -0.05) is 52.0 Å². The second-order valence-electron chi connectivity index (χ2n) is 10.9. The van der Waals surface area contributed by atoms with Gasteiger partial charge in [-0.25, -0.2) is 0 Å². The highest BCUT2D eigenvalue weighted by atomic mass is 16.3. The van der Waals surface area contributed by atoms with E-state index in [1.165, 1.54) is 11.3 Å². The smallest absolute Gasteiger partial charge is 0.241 e. The second-order valence-corrected chi connectivity index (χ2v) is 10.9. The molecule has 1 heterocycles. The van der Waals surface area contributed by atoms with Gasteiger partial charge in [0.05, 0.1) is 18.7 Å². The van der Waals surface area contributed by atoms with Crippen LogP contribution in [0.25, 0.3) is 0 Å². The molecule has 1 fully saturated rings. The number of carbonyl (C=O) groups is 3. The van der Waals surface area contributed by atoms with Crippen molar-refractivity contribution < 1.29 is 24.6 Å². The van der Waals surface area contributed by atoms with Crippen LogP contribution in [0.1, 0.15) is 77.2 Å². The molecule has 1 aromatic heterocycles. The number of likely N-dealkylation sites (N-methyl/N-ethyl adjacent to an activating group) is 1. The predicted molar refractivity (Wildman–Crippen MR) is 142 cm³/mol. The van der Waals surface area contributed by atoms with E-state index in [9.17, 15) is 24.6 Å². The molecule has 0 radical (unpaired) electrons. The van der Waals surface area contributed by atoms with Gasteiger partial charge in [0.2, 0.25) is 17.7 Å². The topological polar surface area (TPSA) is 123 Å². The predicted octanol–water partition coefficient (Wildman–Crippen LogP) is 2.50. The van der Waals surface area contributed by atoms with E-state index in [2.05, 4.69) is 10.3 Å². The Kier molecular flexibility index (Phi) is 13.0. The number of nitrogens with zero attached hydrogens (tertiary/aromatic N) is 3. The number of aromatic nitrogens is 1. The first-order valence-corrected chi connectivity index (χ1v) is 13.6. The van der Waals surface area contributed by atoms with Gasteiger partial charge in [0.15, 0.2) is 0 Å². The minimum Gasteiger partial charge on any atom is -0.390 e. The summed E-state index contributed by atoms with van der Waals surface area (Å²) in [5.74, 6) is -0.323. The Morgan fingerprint density at radius 2 is 1.78 bits per heavy atom. The lowest BCUT2D eigenvalue weighted by atomic mass is 9.81. The Bertz CT molecular complexity index is 842. The number of amides is 3. The lowest BCUT2D eigenvalue weighted by Crippen LogP contribution is -2.52. The van der Waals surface area contributed by atoms with Gasteiger partial charge in [-0.3, -0.25) is 19.4 Å². The number of hydrogen-bond acceptors (Lipinski definition) is 6. The molecule has 0 unspecified atom stereocenters. The van der Waals surface area contributed by atoms with Crippen LogP contribution in [-0.2, 0) is 20.9 Å². The highest BCUT2D eigenvalue weighted by molar-refractivity contribution is 5.87. The maximum Gasteiger partial charge on any atom is 0.241 e. The lowest BCUT2D eigenvalue weighted by Gasteiger charge is -2.39. The molecule has 1 aromatic rings. The standard InChI is InChI=1S/C28H46N4O5/c1-20(2)15-24(33)28(37)23(16-21-9-6-5-7-10-21)32(19-22-11-8-14-29-17-22)26(35)13-12-25(34)30-18-27(36)31(3)4/h8,11,14,17,20-21,23-24,28,33,37H,5-7,9-10,12-13,15-16,18-19H2,1-4H3,(H,30,34)/t23-,24-,28+/m0/s1. The zero-order chi connectivity index (χ0) is 27.4. The maximum absolute atomic E-state index is 13.6. The van der Waals surface area contributed by atoms with E-state index in [-0.39, 0.29) is 49.6 Å². The largest absolute Gasteiger partial charge is 0.390 e. The van der Waals surface area contributed by atoms with Crippen molar-refractivity contribution in [1.29, 1.82) is 0 Å². The summed E-state index contributed by atoms with van der Waals surface area (Å²) in [6.45, 7) is 4.09. The second kappa shape index (κ2) is 15.7. The van der Waals surface area contributed by atoms with Crippen LogP contribution < -0.4 is 5.32 Å². The monoisotopic (exact) mass is 518 g/mol. The number of aliphatic hydroxyl groups is 2. The molecule has 1 saturated carbocycles. The molecular weight excluding hydrogens is 472 g/mol. The minimum absolute atomic E-state index is 0.0591. The third-order valence-electron chi connectivity index (χ3n) is 7.10. The van der Waals surface area contributed by atoms with Gasteiger partial charge in [-0.05, 0) is 36.3 Å². The van der Waals surface area contributed by atoms with E-state index in [4.69, 9.17) is 0 Å². The average Bonchev–Trinajstić information content (AvgIpc) is 2.88. The minimum atomic E-state index is -1.10. The highest BCUT2D eigenvalue weighted by Gasteiger charge is 2.36. The highest BCUT2D eigenvalue weighted by Crippen LogP contribution is 2.31. The van der Waals surface area contributed by atoms with Gasteiger partial charge >= 0.3 is 0 Å². The van der Waals surface area contributed by atoms with E-state index >= 15 is 0 Å². The van der Waals surface area contributed by atoms with Crippen molar-refractivity contribution >= 4 is 17.7 Å². The Balaban J connectivity index is 2.23. The summed E-state index contributed by atoms with van der Waals surface area (Å²) in [4.78, 5) is 44.9. The molecule has 1 aliphatic carbocycles. The zero-order valence-electron chi connectivity index (χ0n) is 22.9. The molecule has 37 heavy (non-hydrogen) atoms. The summed E-state index contributed by atoms with van der Waals surface area (Å²) in [7, 11) is 3.22. The normalized spacial score (nSPS) is 16.6. The van der Waals surface area contributed by atoms with Crippen LogP contribution in [0, 0.1) is 11.8 Å². The molecular formula is C28H46N4O5. The van der Waals surface area contributed by atoms with Crippen LogP contribution in [-0.4, -0.2) is 81.6 Å². The zero-order valence-corrected chi connectivity index (χ0v) is 22.9. The fraction of sp³-hybridized carbons (Fsp3) is 0.714. The number of hydrogen-bond donors (Lipinski definition) is 3. The third kappa shape index (κ3) is 10.8. The molecule has 3 amide bonds. The average molecular weight is 519 g/mol. The Hall–Kier alpha value is -2.52. The van der Waals surface area contributed by atoms with Crippen molar-refractivity contribution in [3.05, 3.63) is 30.1 Å². The van der Waals surface area contributed by atoms with Crippen molar-refractivity contribution in [2.45, 2.75) is 96.4 Å². The Labute approximate surface area is 221 Å². The molecule has 0 bridgehead atoms. The molecule has 3 atom stereocenters. The number of nitrogens with one attached hydrogen (secondary N) is 1. The summed E-state index contributed by atoms with van der Waals surface area (Å²) >= 11 is 0. The van der Waals surface area contributed by atoms with Gasteiger partial charge < -0.3 is 25.3 Å². The molecule has 208 valence electrons. The first-order valence-electron chi connectivity index (χ1n) is 13.6. The van der Waals surface area contributed by atoms with Gasteiger partial charge in [0.25, 0.3) is 0 Å². The molecule has 0 spiro atoms. The van der Waals surface area contributed by atoms with Crippen LogP contribution >= 0.6 is 0 Å². The van der Waals surface area contributed by atoms with Crippen molar-refractivity contribution in [2.75, 3.05) is 20.6 Å². The van der Waals surface area contributed by atoms with E-state index < -0.39 is 18.2 Å². The SMILES string of the molecule is CC(C)C[C@H](O)[C@H](O)[C@H](CC1CCCCC1)N(Cc1cccnc1)C(=O)CCC(=O)NCC(=O)N(C)C. The molecule has 9 nitrogen and oxygen atoms in total. The number of aliphatic hydroxyl groups excluding tert-OH is 2. The van der Waals surface area contributed by atoms with Crippen molar-refractivity contribution in [2.24, 2.45) is 11.8 Å². The summed E-state index contributed by atoms with van der Waals surface area (Å²) in [5, 5.41) is 24.8. The van der Waals surface area contributed by atoms with Crippen molar-refractivity contribution in [1.82, 2.24) is 20.1 Å². The van der Waals surface area contributed by atoms with Gasteiger partial charge in [-0.2, -0.15) is 0 Å². The Morgan fingerprint density at radius 3 is 2.38 bits per heavy atom. The third-order valence-corrected chi connectivity index (χ3v) is 7.10. The summed E-state index contributed by atoms with van der Waals surface area (Å²) in [6.07, 6.45) is 7.74. The molecule has 0 aliphatic heterocycles. The van der Waals surface area contributed by atoms with Crippen LogP contribution in [0.3, 0.4) is 0 Å². The van der Waals surface area contributed by atoms with Gasteiger partial charge in [-0.15, -0.1) is 0 Å². The first kappa shape index (κ1) is 30.7. The first-order chi connectivity index (χ1) is 17.6. The molecule has 0 aromatic carbocycles. The van der Waals surface area contributed by atoms with Crippen molar-refractivity contribution in [3.8, 4) is 0 Å². The number of rotatable bonds is 14. The quantitative estimate of drug-likeness (QED) is 0.348. The lowest BCUT2D eigenvalue weighted by molar-refractivity contribution is -0.142. The van der Waals surface area contributed by atoms with E-state index in [0.717, 1.165) is 31.2 Å². The van der Waals surface area contributed by atoms with E-state index in [0.29, 0.717) is 18.8 Å². The summed E-state index contributed by atoms with van der Waals surface area (Å²) in [6, 6.07) is 3.09. The molecule has 0 saturated heterocycles. The van der Waals surface area contributed by atoms with Crippen LogP contribution in [0.4, 0.5) is 0 Å². The Morgan fingerprint density at radius 1 is 1.08 bits per heavy atom. The molecule has 2 rings (SSSR count). The molecule has 9 heteroatoms. The number of carbonyl (C=O) groups excluding carboxylic acids is 3. The number of pyridine rings is 1. The van der Waals surface area contributed by atoms with Gasteiger partial charge in [0, 0.05) is 45.9 Å². The fourth-order valence-corrected chi connectivity index (χ4v) is 4.96. The molecule has 3 N–H and O–H groups in total. The van der Waals surface area contributed by atoms with Crippen LogP contribution in [0.15, 0.2) is 24.5 Å². The fourth-order valence-electron chi connectivity index (χ4n) is 4.96. The summed E-state index contributed by atoms with van der Waals surface area (Å²) < 4.78 is 0. The van der Waals surface area contributed by atoms with Gasteiger partial charge in [0.1, 0.15) is 6.10 Å². The van der Waals surface area contributed by atoms with Crippen LogP contribution in [0.2, 0.25) is 0 Å². The van der Waals surface area contributed by atoms with E-state index in [1.54, 1.807) is 37.5 Å². The summed E-state index contributed by atoms with van der Waals surface area (Å²) in [5.41, 5.74) is 0.816. The van der Waals surface area contributed by atoms with E-state index in [1.807, 2.05) is 19.9 Å². The van der Waals surface area contributed by atoms with Crippen molar-refractivity contribution in [3.63, 3.8) is 0 Å². The van der Waals surface area contributed by atoms with Crippen LogP contribution in [0.5, 0.6) is 0 Å². The maximum atomic E-state index is 13.6. The molecule has 1 aliphatic rings.